The molecule has 0 saturated carbocycles. The highest BCUT2D eigenvalue weighted by atomic mass is 35.5. The molecule has 1 saturated heterocycles. The summed E-state index contributed by atoms with van der Waals surface area (Å²) < 4.78 is 35.9. The lowest BCUT2D eigenvalue weighted by molar-refractivity contribution is -0.122. The van der Waals surface area contributed by atoms with Crippen LogP contribution in [0.1, 0.15) is 61.5 Å². The van der Waals surface area contributed by atoms with Crippen molar-refractivity contribution in [2.45, 2.75) is 63.8 Å². The molecule has 11 nitrogen and oxygen atoms in total. The number of halogens is 3. The van der Waals surface area contributed by atoms with Crippen molar-refractivity contribution in [3.63, 3.8) is 0 Å². The summed E-state index contributed by atoms with van der Waals surface area (Å²) >= 11 is 12.6. The minimum Gasteiger partial charge on any atom is -0.495 e. The Hall–Kier alpha value is -4.39. The van der Waals surface area contributed by atoms with Gasteiger partial charge in [-0.05, 0) is 59.4 Å². The van der Waals surface area contributed by atoms with Crippen LogP contribution in [0, 0.1) is 11.2 Å². The highest BCUT2D eigenvalue weighted by Gasteiger charge is 2.66. The van der Waals surface area contributed by atoms with Gasteiger partial charge >= 0.3 is 12.1 Å². The van der Waals surface area contributed by atoms with Gasteiger partial charge in [-0.1, -0.05) is 62.2 Å². The molecule has 5 atom stereocenters. The average molecular weight is 717 g/mol. The summed E-state index contributed by atoms with van der Waals surface area (Å²) in [6.45, 7) is 7.38. The maximum Gasteiger partial charge on any atom is 0.511 e. The van der Waals surface area contributed by atoms with Gasteiger partial charge in [0, 0.05) is 29.6 Å². The van der Waals surface area contributed by atoms with Crippen LogP contribution in [0.25, 0.3) is 0 Å². The Labute approximate surface area is 292 Å². The van der Waals surface area contributed by atoms with Gasteiger partial charge in [0.2, 0.25) is 18.1 Å². The predicted octanol–water partition coefficient (Wildman–Crippen LogP) is 6.82. The lowest BCUT2D eigenvalue weighted by Gasteiger charge is -2.37. The van der Waals surface area contributed by atoms with Gasteiger partial charge in [0.05, 0.1) is 36.5 Å². The minimum atomic E-state index is -1.44. The standard InChI is InChI=1S/C35H36Cl2FN3O8/c1-17(49-33(45)47-6)48-31(43)18-10-13-23(25(14-18)46-5)39-30(42)29-27(20-8-7-9-22(37)28(20)38)35(26(41-29)16-34(2,3)4)21-12-11-19(36)15-24(21)40-32(35)44/h7-15,17,26-27,29,41H,16H2,1-6H3,(H,39,42)(H,40,44)/t17?,26-,27-,29+,35+/m0/s1. The number of hydrogen-bond acceptors (Lipinski definition) is 9. The van der Waals surface area contributed by atoms with E-state index in [1.54, 1.807) is 24.3 Å². The number of nitrogens with one attached hydrogen (secondary N) is 3. The molecule has 3 N–H and O–H groups in total. The zero-order chi connectivity index (χ0) is 35.8. The Kier molecular flexibility index (Phi) is 10.1. The van der Waals surface area contributed by atoms with E-state index in [1.807, 2.05) is 20.8 Å². The quantitative estimate of drug-likeness (QED) is 0.169. The summed E-state index contributed by atoms with van der Waals surface area (Å²) in [7, 11) is 2.46. The lowest BCUT2D eigenvalue weighted by atomic mass is 9.62. The summed E-state index contributed by atoms with van der Waals surface area (Å²) in [6.07, 6.45) is -1.84. The first-order valence-electron chi connectivity index (χ1n) is 15.4. The van der Waals surface area contributed by atoms with Gasteiger partial charge < -0.3 is 34.9 Å². The maximum atomic E-state index is 16.1. The summed E-state index contributed by atoms with van der Waals surface area (Å²) in [6, 6.07) is 11.9. The van der Waals surface area contributed by atoms with Crippen LogP contribution in [0.2, 0.25) is 10.0 Å². The second-order valence-corrected chi connectivity index (χ2v) is 13.9. The van der Waals surface area contributed by atoms with Crippen LogP contribution < -0.4 is 20.7 Å². The van der Waals surface area contributed by atoms with Crippen LogP contribution in [0.15, 0.2) is 54.6 Å². The van der Waals surface area contributed by atoms with E-state index in [0.29, 0.717) is 22.7 Å². The van der Waals surface area contributed by atoms with Crippen molar-refractivity contribution < 1.29 is 42.5 Å². The molecule has 0 radical (unpaired) electrons. The Morgan fingerprint density at radius 1 is 1.04 bits per heavy atom. The van der Waals surface area contributed by atoms with Crippen LogP contribution in [0.5, 0.6) is 5.75 Å². The normalized spacial score (nSPS) is 21.8. The molecular formula is C35H36Cl2FN3O8. The topological polar surface area (TPSA) is 141 Å². The number of anilines is 2. The number of benzene rings is 3. The average Bonchev–Trinajstić information content (AvgIpc) is 3.51. The van der Waals surface area contributed by atoms with E-state index < -0.39 is 59.5 Å². The van der Waals surface area contributed by atoms with Crippen molar-refractivity contribution in [3.05, 3.63) is 87.2 Å². The summed E-state index contributed by atoms with van der Waals surface area (Å²) in [5, 5.41) is 9.44. The van der Waals surface area contributed by atoms with Crippen LogP contribution in [0.4, 0.5) is 20.6 Å². The minimum absolute atomic E-state index is 0.0371. The number of amides is 2. The molecule has 1 spiro atoms. The molecule has 0 aliphatic carbocycles. The first kappa shape index (κ1) is 35.9. The van der Waals surface area contributed by atoms with Gasteiger partial charge in [0.1, 0.15) is 17.0 Å². The number of carbonyl (C=O) groups excluding carboxylic acids is 4. The SMILES string of the molecule is COC(=O)OC(C)OC(=O)c1ccc(NC(=O)[C@@H]2N[C@@H](CC(C)(C)C)[C@@]3(C(=O)Nc4cc(Cl)ccc43)[C@H]2c2cccc(Cl)c2F)c(OC)c1. The fourth-order valence-corrected chi connectivity index (χ4v) is 7.06. The molecule has 2 heterocycles. The molecule has 2 amide bonds. The monoisotopic (exact) mass is 715 g/mol. The van der Waals surface area contributed by atoms with E-state index >= 15 is 4.39 Å². The molecule has 1 fully saturated rings. The number of fused-ring (bicyclic) bond motifs is 2. The molecular weight excluding hydrogens is 680 g/mol. The third kappa shape index (κ3) is 6.90. The van der Waals surface area contributed by atoms with Crippen molar-refractivity contribution in [2.75, 3.05) is 24.9 Å². The molecule has 3 aromatic rings. The number of esters is 1. The van der Waals surface area contributed by atoms with E-state index in [9.17, 15) is 19.2 Å². The Bertz CT molecular complexity index is 1820. The van der Waals surface area contributed by atoms with Gasteiger partial charge in [-0.25, -0.2) is 14.0 Å². The molecule has 260 valence electrons. The maximum absolute atomic E-state index is 16.1. The molecule has 49 heavy (non-hydrogen) atoms. The first-order valence-corrected chi connectivity index (χ1v) is 16.1. The van der Waals surface area contributed by atoms with Gasteiger partial charge in [0.15, 0.2) is 0 Å². The van der Waals surface area contributed by atoms with E-state index in [1.165, 1.54) is 44.4 Å². The van der Waals surface area contributed by atoms with Crippen molar-refractivity contribution in [1.29, 1.82) is 0 Å². The molecule has 0 bridgehead atoms. The third-order valence-electron chi connectivity index (χ3n) is 8.62. The number of carbonyl (C=O) groups is 4. The number of ether oxygens (including phenoxy) is 4. The smallest absolute Gasteiger partial charge is 0.495 e. The van der Waals surface area contributed by atoms with Gasteiger partial charge in [-0.15, -0.1) is 0 Å². The molecule has 2 aliphatic heterocycles. The number of rotatable bonds is 8. The Morgan fingerprint density at radius 2 is 1.78 bits per heavy atom. The molecule has 3 aromatic carbocycles. The Morgan fingerprint density at radius 3 is 2.45 bits per heavy atom. The Balaban J connectivity index is 1.56. The number of hydrogen-bond donors (Lipinski definition) is 3. The summed E-state index contributed by atoms with van der Waals surface area (Å²) in [4.78, 5) is 52.8. The zero-order valence-corrected chi connectivity index (χ0v) is 29.1. The molecule has 14 heteroatoms. The summed E-state index contributed by atoms with van der Waals surface area (Å²) in [5.74, 6) is -3.55. The van der Waals surface area contributed by atoms with E-state index in [4.69, 9.17) is 37.4 Å². The van der Waals surface area contributed by atoms with Crippen molar-refractivity contribution >= 4 is 58.5 Å². The van der Waals surface area contributed by atoms with Crippen molar-refractivity contribution in [2.24, 2.45) is 5.41 Å². The molecule has 5 rings (SSSR count). The van der Waals surface area contributed by atoms with Crippen LogP contribution in [-0.4, -0.2) is 56.5 Å². The zero-order valence-electron chi connectivity index (χ0n) is 27.6. The molecule has 0 aromatic heterocycles. The molecule has 1 unspecified atom stereocenters. The van der Waals surface area contributed by atoms with Crippen molar-refractivity contribution in [1.82, 2.24) is 5.32 Å². The van der Waals surface area contributed by atoms with Gasteiger partial charge in [0.25, 0.3) is 0 Å². The van der Waals surface area contributed by atoms with E-state index in [0.717, 1.165) is 7.11 Å². The first-order chi connectivity index (χ1) is 23.1. The van der Waals surface area contributed by atoms with Gasteiger partial charge in [-0.2, -0.15) is 0 Å². The van der Waals surface area contributed by atoms with Crippen LogP contribution in [0.3, 0.4) is 0 Å². The fourth-order valence-electron chi connectivity index (χ4n) is 6.71. The van der Waals surface area contributed by atoms with Crippen LogP contribution in [-0.2, 0) is 29.2 Å². The van der Waals surface area contributed by atoms with E-state index in [-0.39, 0.29) is 33.0 Å². The lowest BCUT2D eigenvalue weighted by Crippen LogP contribution is -2.49. The van der Waals surface area contributed by atoms with Gasteiger partial charge in [-0.3, -0.25) is 9.59 Å². The third-order valence-corrected chi connectivity index (χ3v) is 9.14. The van der Waals surface area contributed by atoms with E-state index in [2.05, 4.69) is 20.7 Å². The van der Waals surface area contributed by atoms with Crippen molar-refractivity contribution in [3.8, 4) is 5.75 Å². The molecule has 2 aliphatic rings. The summed E-state index contributed by atoms with van der Waals surface area (Å²) in [5.41, 5.74) is -0.405. The second kappa shape index (κ2) is 13.9. The number of methoxy groups -OCH3 is 2. The fraction of sp³-hybridized carbons (Fsp3) is 0.371. The highest BCUT2D eigenvalue weighted by Crippen LogP contribution is 2.57. The largest absolute Gasteiger partial charge is 0.511 e. The van der Waals surface area contributed by atoms with Crippen LogP contribution >= 0.6 is 23.2 Å². The predicted molar refractivity (Wildman–Crippen MR) is 181 cm³/mol. The second-order valence-electron chi connectivity index (χ2n) is 13.0. The highest BCUT2D eigenvalue weighted by molar-refractivity contribution is 6.31.